The fraction of sp³-hybridized carbons (Fsp3) is 0. The van der Waals surface area contributed by atoms with E-state index < -0.39 is 0 Å². The minimum absolute atomic E-state index is 0. The minimum Gasteiger partial charge on any atom is -0.399 e. The number of halogens is 1. The number of benzene rings is 2. The number of anilines is 1. The molecule has 0 fully saturated rings. The Morgan fingerprint density at radius 1 is 1.00 bits per heavy atom. The molecule has 0 spiro atoms. The maximum atomic E-state index is 8.39. The predicted molar refractivity (Wildman–Crippen MR) is 96.5 cm³/mol. The van der Waals surface area contributed by atoms with E-state index >= 15 is 0 Å². The van der Waals surface area contributed by atoms with Gasteiger partial charge in [0, 0.05) is 32.8 Å². The van der Waals surface area contributed by atoms with Crippen molar-refractivity contribution in [2.24, 2.45) is 5.11 Å². The van der Waals surface area contributed by atoms with Gasteiger partial charge >= 0.3 is 0 Å². The third-order valence-electron chi connectivity index (χ3n) is 2.99. The molecule has 1 heterocycles. The van der Waals surface area contributed by atoms with E-state index in [1.54, 1.807) is 23.5 Å². The highest BCUT2D eigenvalue weighted by Gasteiger charge is 2.06. The molecule has 22 heavy (non-hydrogen) atoms. The summed E-state index contributed by atoms with van der Waals surface area (Å²) < 4.78 is 0. The summed E-state index contributed by atoms with van der Waals surface area (Å²) >= 11 is 1.58. The van der Waals surface area contributed by atoms with Crippen molar-refractivity contribution in [3.05, 3.63) is 64.4 Å². The van der Waals surface area contributed by atoms with Crippen molar-refractivity contribution >= 4 is 39.7 Å². The van der Waals surface area contributed by atoms with Crippen LogP contribution >= 0.6 is 28.3 Å². The van der Waals surface area contributed by atoms with Crippen LogP contribution in [0.1, 0.15) is 0 Å². The van der Waals surface area contributed by atoms with Gasteiger partial charge in [-0.15, -0.1) is 28.3 Å². The quantitative estimate of drug-likeness (QED) is 0.281. The van der Waals surface area contributed by atoms with E-state index in [0.29, 0.717) is 5.69 Å². The first-order valence-electron chi connectivity index (χ1n) is 6.23. The van der Waals surface area contributed by atoms with Crippen LogP contribution in [-0.4, -0.2) is 4.98 Å². The Bertz CT molecular complexity index is 805. The average Bonchev–Trinajstić information content (AvgIpc) is 2.99. The molecule has 0 atom stereocenters. The second-order valence-electron chi connectivity index (χ2n) is 4.40. The number of nitrogen functional groups attached to an aromatic ring is 1. The third-order valence-corrected chi connectivity index (χ3v) is 3.88. The second-order valence-corrected chi connectivity index (χ2v) is 5.25. The Kier molecular flexibility index (Phi) is 5.16. The van der Waals surface area contributed by atoms with Gasteiger partial charge in [0.2, 0.25) is 0 Å². The molecule has 0 bridgehead atoms. The normalized spacial score (nSPS) is 9.64. The zero-order chi connectivity index (χ0) is 14.7. The fourth-order valence-corrected chi connectivity index (χ4v) is 2.75. The Morgan fingerprint density at radius 3 is 2.27 bits per heavy atom. The van der Waals surface area contributed by atoms with Crippen LogP contribution in [0.15, 0.2) is 59.0 Å². The molecule has 0 radical (unpaired) electrons. The molecule has 0 unspecified atom stereocenters. The number of nitrogens with two attached hydrogens (primary N) is 1. The second kappa shape index (κ2) is 7.09. The van der Waals surface area contributed by atoms with E-state index in [9.17, 15) is 0 Å². The summed E-state index contributed by atoms with van der Waals surface area (Å²) in [6.07, 6.45) is 0. The number of hydrogen-bond acceptors (Lipinski definition) is 4. The zero-order valence-electron chi connectivity index (χ0n) is 11.4. The smallest absolute Gasteiger partial charge is 0.124 e. The molecule has 0 saturated carbocycles. The molecule has 110 valence electrons. The summed E-state index contributed by atoms with van der Waals surface area (Å²) in [6.45, 7) is 0. The summed E-state index contributed by atoms with van der Waals surface area (Å²) in [7, 11) is 0. The van der Waals surface area contributed by atoms with Crippen molar-refractivity contribution < 1.29 is 0 Å². The summed E-state index contributed by atoms with van der Waals surface area (Å²) in [5.41, 5.74) is 18.4. The topological polar surface area (TPSA) is 87.7 Å². The van der Waals surface area contributed by atoms with Crippen LogP contribution in [-0.2, 0) is 0 Å². The number of aromatic nitrogens is 1. The molecule has 2 aromatic carbocycles. The fourth-order valence-electron chi connectivity index (χ4n) is 1.92. The first-order valence-corrected chi connectivity index (χ1v) is 7.11. The van der Waals surface area contributed by atoms with Crippen LogP contribution in [0, 0.1) is 0 Å². The van der Waals surface area contributed by atoms with Crippen LogP contribution in [0.25, 0.3) is 32.3 Å². The summed E-state index contributed by atoms with van der Waals surface area (Å²) in [5.74, 6) is 0. The molecular weight excluding hydrogens is 362 g/mol. The van der Waals surface area contributed by atoms with E-state index in [4.69, 9.17) is 11.3 Å². The first-order chi connectivity index (χ1) is 10.3. The van der Waals surface area contributed by atoms with Crippen LogP contribution in [0.4, 0.5) is 11.4 Å². The molecule has 7 heteroatoms. The maximum absolute atomic E-state index is 8.39. The van der Waals surface area contributed by atoms with Crippen LogP contribution in [0.2, 0.25) is 0 Å². The van der Waals surface area contributed by atoms with Crippen LogP contribution in [0.5, 0.6) is 0 Å². The van der Waals surface area contributed by atoms with Gasteiger partial charge in [-0.1, -0.05) is 29.4 Å². The Hall–Kier alpha value is -2.34. The Labute approximate surface area is 141 Å². The van der Waals surface area contributed by atoms with Crippen molar-refractivity contribution in [3.63, 3.8) is 0 Å². The minimum atomic E-state index is 0. The summed E-state index contributed by atoms with van der Waals surface area (Å²) in [5, 5.41) is 6.51. The van der Waals surface area contributed by atoms with Crippen molar-refractivity contribution in [2.75, 3.05) is 5.73 Å². The lowest BCUT2D eigenvalue weighted by Crippen LogP contribution is -1.83. The Balaban J connectivity index is 0.00000176. The van der Waals surface area contributed by atoms with Gasteiger partial charge in [-0.05, 0) is 29.8 Å². The lowest BCUT2D eigenvalue weighted by atomic mass is 10.1. The average molecular weight is 374 g/mol. The van der Waals surface area contributed by atoms with Crippen molar-refractivity contribution in [1.29, 1.82) is 0 Å². The van der Waals surface area contributed by atoms with Crippen molar-refractivity contribution in [2.45, 2.75) is 0 Å². The van der Waals surface area contributed by atoms with Crippen LogP contribution < -0.4 is 5.73 Å². The number of rotatable bonds is 3. The van der Waals surface area contributed by atoms with E-state index in [-0.39, 0.29) is 17.0 Å². The molecule has 0 saturated heterocycles. The van der Waals surface area contributed by atoms with Gasteiger partial charge in [0.15, 0.2) is 0 Å². The molecule has 1 aromatic heterocycles. The molecule has 5 nitrogen and oxygen atoms in total. The van der Waals surface area contributed by atoms with Crippen LogP contribution in [0.3, 0.4) is 0 Å². The maximum Gasteiger partial charge on any atom is 0.124 e. The van der Waals surface area contributed by atoms with Gasteiger partial charge < -0.3 is 5.73 Å². The summed E-state index contributed by atoms with van der Waals surface area (Å²) in [6, 6.07) is 15.0. The van der Waals surface area contributed by atoms with E-state index in [1.807, 2.05) is 41.8 Å². The van der Waals surface area contributed by atoms with Gasteiger partial charge in [-0.2, -0.15) is 0 Å². The molecule has 0 amide bonds. The third kappa shape index (κ3) is 3.46. The largest absolute Gasteiger partial charge is 0.399 e. The van der Waals surface area contributed by atoms with Gasteiger partial charge in [0.05, 0.1) is 5.69 Å². The van der Waals surface area contributed by atoms with Gasteiger partial charge in [-0.25, -0.2) is 4.98 Å². The molecule has 0 aliphatic carbocycles. The van der Waals surface area contributed by atoms with E-state index in [0.717, 1.165) is 27.5 Å². The SMILES string of the molecule is Br.[N-]=[N+]=Nc1ccc(-c2csc(-c3ccc(N)cc3)n2)cc1. The molecular formula is C15H12BrN5S. The zero-order valence-corrected chi connectivity index (χ0v) is 13.9. The van der Waals surface area contributed by atoms with Crippen molar-refractivity contribution in [3.8, 4) is 21.8 Å². The number of azide groups is 1. The Morgan fingerprint density at radius 2 is 1.64 bits per heavy atom. The monoisotopic (exact) mass is 373 g/mol. The predicted octanol–water partition coefficient (Wildman–Crippen LogP) is 5.58. The van der Waals surface area contributed by atoms with Crippen molar-refractivity contribution in [1.82, 2.24) is 4.98 Å². The highest BCUT2D eigenvalue weighted by molar-refractivity contribution is 8.93. The summed E-state index contributed by atoms with van der Waals surface area (Å²) in [4.78, 5) is 7.39. The number of hydrogen-bond donors (Lipinski definition) is 1. The molecule has 3 rings (SSSR count). The standard InChI is InChI=1S/C15H11N5S.BrH/c16-12-5-1-11(2-6-12)15-18-14(9-21-15)10-3-7-13(8-4-10)19-20-17;/h1-9H,16H2;1H. The van der Waals surface area contributed by atoms with E-state index in [1.165, 1.54) is 0 Å². The van der Waals surface area contributed by atoms with Gasteiger partial charge in [0.25, 0.3) is 0 Å². The number of nitrogens with zero attached hydrogens (tertiary/aromatic N) is 4. The van der Waals surface area contributed by atoms with Gasteiger partial charge in [0.1, 0.15) is 5.01 Å². The lowest BCUT2D eigenvalue weighted by Gasteiger charge is -1.98. The first kappa shape index (κ1) is 16.0. The molecule has 2 N–H and O–H groups in total. The molecule has 0 aliphatic rings. The molecule has 0 aliphatic heterocycles. The lowest BCUT2D eigenvalue weighted by molar-refractivity contribution is 1.39. The van der Waals surface area contributed by atoms with Gasteiger partial charge in [-0.3, -0.25) is 0 Å². The molecule has 3 aromatic rings. The highest BCUT2D eigenvalue weighted by Crippen LogP contribution is 2.30. The number of thiazole rings is 1. The van der Waals surface area contributed by atoms with E-state index in [2.05, 4.69) is 15.0 Å². The highest BCUT2D eigenvalue weighted by atomic mass is 79.9.